The van der Waals surface area contributed by atoms with Gasteiger partial charge in [0.1, 0.15) is 5.75 Å². The van der Waals surface area contributed by atoms with Gasteiger partial charge in [0.2, 0.25) is 11.9 Å². The fourth-order valence-corrected chi connectivity index (χ4v) is 1.61. The molecule has 0 aliphatic rings. The number of methoxy groups -OCH3 is 1. The van der Waals surface area contributed by atoms with Crippen LogP contribution in [0.4, 0.5) is 17.6 Å². The van der Waals surface area contributed by atoms with Gasteiger partial charge in [-0.05, 0) is 25.5 Å². The van der Waals surface area contributed by atoms with Gasteiger partial charge in [0, 0.05) is 11.8 Å². The summed E-state index contributed by atoms with van der Waals surface area (Å²) >= 11 is 0. The molecule has 3 N–H and O–H groups in total. The summed E-state index contributed by atoms with van der Waals surface area (Å²) in [6.07, 6.45) is 1.10. The normalized spacial score (nSPS) is 11.8. The molecule has 0 aliphatic carbocycles. The summed E-state index contributed by atoms with van der Waals surface area (Å²) < 4.78 is 10.7. The van der Waals surface area contributed by atoms with Crippen molar-refractivity contribution in [1.29, 1.82) is 0 Å². The molecule has 112 valence electrons. The maximum Gasteiger partial charge on any atom is 0.322 e. The summed E-state index contributed by atoms with van der Waals surface area (Å²) in [4.78, 5) is 11.9. The molecule has 0 radical (unpaired) electrons. The topological polar surface area (TPSA) is 95.2 Å². The SMILES string of the molecule is CCC(C)Oc1cccc(Nc2nc(N)nc(OC)n2)c1. The Kier molecular flexibility index (Phi) is 4.76. The lowest BCUT2D eigenvalue weighted by molar-refractivity contribution is 0.217. The van der Waals surface area contributed by atoms with E-state index in [1.54, 1.807) is 0 Å². The van der Waals surface area contributed by atoms with E-state index in [9.17, 15) is 0 Å². The van der Waals surface area contributed by atoms with Crippen LogP contribution in [0.15, 0.2) is 24.3 Å². The average Bonchev–Trinajstić information content (AvgIpc) is 2.46. The van der Waals surface area contributed by atoms with Gasteiger partial charge in [0.05, 0.1) is 13.2 Å². The third kappa shape index (κ3) is 4.20. The van der Waals surface area contributed by atoms with Gasteiger partial charge in [-0.15, -0.1) is 0 Å². The largest absolute Gasteiger partial charge is 0.491 e. The van der Waals surface area contributed by atoms with Crippen molar-refractivity contribution in [2.45, 2.75) is 26.4 Å². The molecule has 0 saturated carbocycles. The van der Waals surface area contributed by atoms with E-state index in [-0.39, 0.29) is 18.1 Å². The van der Waals surface area contributed by atoms with Crippen molar-refractivity contribution < 1.29 is 9.47 Å². The van der Waals surface area contributed by atoms with Crippen molar-refractivity contribution in [3.05, 3.63) is 24.3 Å². The summed E-state index contributed by atoms with van der Waals surface area (Å²) in [5.41, 5.74) is 6.39. The highest BCUT2D eigenvalue weighted by atomic mass is 16.5. The van der Waals surface area contributed by atoms with E-state index in [4.69, 9.17) is 15.2 Å². The maximum atomic E-state index is 5.77. The first-order valence-electron chi connectivity index (χ1n) is 6.70. The minimum absolute atomic E-state index is 0.0939. The molecule has 0 amide bonds. The van der Waals surface area contributed by atoms with Crippen LogP contribution >= 0.6 is 0 Å². The van der Waals surface area contributed by atoms with E-state index >= 15 is 0 Å². The number of benzene rings is 1. The van der Waals surface area contributed by atoms with E-state index in [1.807, 2.05) is 31.2 Å². The van der Waals surface area contributed by atoms with Gasteiger partial charge >= 0.3 is 6.01 Å². The molecular formula is C14H19N5O2. The Morgan fingerprint density at radius 2 is 2.10 bits per heavy atom. The van der Waals surface area contributed by atoms with Crippen molar-refractivity contribution in [2.24, 2.45) is 0 Å². The standard InChI is InChI=1S/C14H19N5O2/c1-4-9(2)21-11-7-5-6-10(8-11)16-13-17-12(15)18-14(19-13)20-3/h5-9H,4H2,1-3H3,(H3,15,16,17,18,19). The van der Waals surface area contributed by atoms with Gasteiger partial charge in [0.25, 0.3) is 0 Å². The van der Waals surface area contributed by atoms with Crippen molar-refractivity contribution in [1.82, 2.24) is 15.0 Å². The van der Waals surface area contributed by atoms with E-state index < -0.39 is 0 Å². The van der Waals surface area contributed by atoms with Crippen molar-refractivity contribution in [2.75, 3.05) is 18.2 Å². The number of aromatic nitrogens is 3. The second kappa shape index (κ2) is 6.74. The first-order valence-corrected chi connectivity index (χ1v) is 6.70. The molecule has 7 heteroatoms. The molecule has 1 unspecified atom stereocenters. The van der Waals surface area contributed by atoms with Crippen molar-refractivity contribution in [3.63, 3.8) is 0 Å². The number of hydrogen-bond donors (Lipinski definition) is 2. The van der Waals surface area contributed by atoms with Crippen LogP contribution in [0.2, 0.25) is 0 Å². The molecule has 0 fully saturated rings. The van der Waals surface area contributed by atoms with Gasteiger partial charge in [-0.25, -0.2) is 0 Å². The molecule has 1 aromatic carbocycles. The van der Waals surface area contributed by atoms with Crippen LogP contribution in [0.5, 0.6) is 11.8 Å². The highest BCUT2D eigenvalue weighted by molar-refractivity contribution is 5.56. The summed E-state index contributed by atoms with van der Waals surface area (Å²) in [5, 5.41) is 3.05. The highest BCUT2D eigenvalue weighted by Gasteiger charge is 2.06. The zero-order valence-electron chi connectivity index (χ0n) is 12.3. The van der Waals surface area contributed by atoms with Gasteiger partial charge in [-0.3, -0.25) is 0 Å². The predicted octanol–water partition coefficient (Wildman–Crippen LogP) is 2.38. The number of hydrogen-bond acceptors (Lipinski definition) is 7. The average molecular weight is 289 g/mol. The maximum absolute atomic E-state index is 5.77. The minimum atomic E-state index is 0.0939. The van der Waals surface area contributed by atoms with Crippen LogP contribution in [0.3, 0.4) is 0 Å². The lowest BCUT2D eigenvalue weighted by atomic mass is 10.3. The van der Waals surface area contributed by atoms with Crippen LogP contribution in [0.1, 0.15) is 20.3 Å². The molecule has 0 bridgehead atoms. The van der Waals surface area contributed by atoms with E-state index in [1.165, 1.54) is 7.11 Å². The summed E-state index contributed by atoms with van der Waals surface area (Å²) in [6, 6.07) is 7.72. The monoisotopic (exact) mass is 289 g/mol. The molecule has 2 rings (SSSR count). The fourth-order valence-electron chi connectivity index (χ4n) is 1.61. The molecular weight excluding hydrogens is 270 g/mol. The van der Waals surface area contributed by atoms with Crippen LogP contribution in [-0.4, -0.2) is 28.2 Å². The van der Waals surface area contributed by atoms with E-state index in [0.717, 1.165) is 17.9 Å². The quantitative estimate of drug-likeness (QED) is 0.842. The number of nitrogens with zero attached hydrogens (tertiary/aromatic N) is 3. The number of rotatable bonds is 6. The predicted molar refractivity (Wildman–Crippen MR) is 80.9 cm³/mol. The van der Waals surface area contributed by atoms with Gasteiger partial charge in [0.15, 0.2) is 0 Å². The lowest BCUT2D eigenvalue weighted by Gasteiger charge is -2.13. The van der Waals surface area contributed by atoms with Crippen LogP contribution < -0.4 is 20.5 Å². The molecule has 2 aromatic rings. The van der Waals surface area contributed by atoms with E-state index in [2.05, 4.69) is 27.2 Å². The molecule has 0 saturated heterocycles. The number of nitrogens with one attached hydrogen (secondary N) is 1. The Balaban J connectivity index is 2.16. The third-order valence-electron chi connectivity index (χ3n) is 2.82. The third-order valence-corrected chi connectivity index (χ3v) is 2.82. The van der Waals surface area contributed by atoms with Crippen LogP contribution in [0, 0.1) is 0 Å². The molecule has 0 aliphatic heterocycles. The number of nitrogen functional groups attached to an aromatic ring is 1. The first-order chi connectivity index (χ1) is 10.1. The first kappa shape index (κ1) is 14.8. The second-order valence-electron chi connectivity index (χ2n) is 4.49. The molecule has 7 nitrogen and oxygen atoms in total. The Hall–Kier alpha value is -2.57. The summed E-state index contributed by atoms with van der Waals surface area (Å²) in [7, 11) is 1.47. The van der Waals surface area contributed by atoms with Crippen molar-refractivity contribution in [3.8, 4) is 11.8 Å². The minimum Gasteiger partial charge on any atom is -0.491 e. The molecule has 1 heterocycles. The van der Waals surface area contributed by atoms with Gasteiger partial charge in [-0.1, -0.05) is 13.0 Å². The lowest BCUT2D eigenvalue weighted by Crippen LogP contribution is -2.10. The second-order valence-corrected chi connectivity index (χ2v) is 4.49. The molecule has 1 atom stereocenters. The summed E-state index contributed by atoms with van der Waals surface area (Å²) in [5.74, 6) is 1.19. The Labute approximate surface area is 123 Å². The molecule has 1 aromatic heterocycles. The summed E-state index contributed by atoms with van der Waals surface area (Å²) in [6.45, 7) is 4.10. The number of ether oxygens (including phenoxy) is 2. The zero-order chi connectivity index (χ0) is 15.2. The Morgan fingerprint density at radius 1 is 1.29 bits per heavy atom. The fraction of sp³-hybridized carbons (Fsp3) is 0.357. The van der Waals surface area contributed by atoms with Crippen molar-refractivity contribution >= 4 is 17.6 Å². The van der Waals surface area contributed by atoms with Gasteiger partial charge in [-0.2, -0.15) is 15.0 Å². The highest BCUT2D eigenvalue weighted by Crippen LogP contribution is 2.22. The van der Waals surface area contributed by atoms with Crippen LogP contribution in [-0.2, 0) is 0 Å². The Bertz CT molecular complexity index is 606. The van der Waals surface area contributed by atoms with E-state index in [0.29, 0.717) is 5.95 Å². The van der Waals surface area contributed by atoms with Crippen LogP contribution in [0.25, 0.3) is 0 Å². The zero-order valence-corrected chi connectivity index (χ0v) is 12.3. The Morgan fingerprint density at radius 3 is 2.81 bits per heavy atom. The van der Waals surface area contributed by atoms with Gasteiger partial charge < -0.3 is 20.5 Å². The molecule has 21 heavy (non-hydrogen) atoms. The number of anilines is 3. The number of nitrogens with two attached hydrogens (primary N) is 1. The smallest absolute Gasteiger partial charge is 0.322 e. The molecule has 0 spiro atoms.